The van der Waals surface area contributed by atoms with E-state index < -0.39 is 23.9 Å². The lowest BCUT2D eigenvalue weighted by atomic mass is 9.78. The molecule has 0 radical (unpaired) electrons. The Bertz CT molecular complexity index is 1160. The van der Waals surface area contributed by atoms with Crippen LogP contribution in [-0.4, -0.2) is 64.7 Å². The quantitative estimate of drug-likeness (QED) is 0.617. The van der Waals surface area contributed by atoms with Crippen LogP contribution in [0.4, 0.5) is 4.79 Å². The lowest BCUT2D eigenvalue weighted by Gasteiger charge is -2.34. The number of ether oxygens (including phenoxy) is 2. The first-order valence-corrected chi connectivity index (χ1v) is 12.1. The molecule has 4 rings (SSSR count). The zero-order valence-corrected chi connectivity index (χ0v) is 22.0. The van der Waals surface area contributed by atoms with Crippen molar-refractivity contribution >= 4 is 29.6 Å². The summed E-state index contributed by atoms with van der Waals surface area (Å²) in [5.41, 5.74) is -0.383. The predicted molar refractivity (Wildman–Crippen MR) is 134 cm³/mol. The average Bonchev–Trinajstić information content (AvgIpc) is 2.99. The molecule has 35 heavy (non-hydrogen) atoms. The maximum Gasteiger partial charge on any atom is 0.495 e. The van der Waals surface area contributed by atoms with Gasteiger partial charge in [-0.25, -0.2) is 9.78 Å². The van der Waals surface area contributed by atoms with E-state index in [1.54, 1.807) is 29.0 Å². The third-order valence-corrected chi connectivity index (χ3v) is 7.13. The van der Waals surface area contributed by atoms with Crippen molar-refractivity contribution < 1.29 is 23.6 Å². The third-order valence-electron chi connectivity index (χ3n) is 7.13. The largest absolute Gasteiger partial charge is 0.496 e. The van der Waals surface area contributed by atoms with E-state index in [-0.39, 0.29) is 17.7 Å². The fourth-order valence-electron chi connectivity index (χ4n) is 4.43. The number of hydrogen-bond donors (Lipinski definition) is 0. The van der Waals surface area contributed by atoms with Gasteiger partial charge in [-0.15, -0.1) is 0 Å². The van der Waals surface area contributed by atoms with Gasteiger partial charge in [0.25, 0.3) is 5.56 Å². The lowest BCUT2D eigenvalue weighted by molar-refractivity contribution is 0.00578. The molecule has 0 unspecified atom stereocenters. The van der Waals surface area contributed by atoms with Gasteiger partial charge in [0.15, 0.2) is 0 Å². The number of carbonyl (C=O) groups excluding carboxylic acids is 1. The van der Waals surface area contributed by atoms with E-state index in [0.717, 1.165) is 5.46 Å². The molecule has 0 saturated carbocycles. The van der Waals surface area contributed by atoms with Crippen LogP contribution < -0.4 is 15.8 Å². The summed E-state index contributed by atoms with van der Waals surface area (Å²) < 4.78 is 25.1. The fraction of sp³-hybridized carbons (Fsp3) is 0.640. The Morgan fingerprint density at radius 1 is 1.11 bits per heavy atom. The van der Waals surface area contributed by atoms with Gasteiger partial charge in [0.1, 0.15) is 16.7 Å². The lowest BCUT2D eigenvalue weighted by Crippen LogP contribution is -2.43. The Labute approximate surface area is 206 Å². The highest BCUT2D eigenvalue weighted by Gasteiger charge is 2.52. The van der Waals surface area contributed by atoms with E-state index in [4.69, 9.17) is 18.8 Å². The average molecular weight is 485 g/mol. The number of hydrogen-bond acceptors (Lipinski definition) is 7. The Morgan fingerprint density at radius 2 is 1.71 bits per heavy atom. The summed E-state index contributed by atoms with van der Waals surface area (Å²) in [6.45, 7) is 14.6. The molecule has 2 fully saturated rings. The van der Waals surface area contributed by atoms with Gasteiger partial charge in [-0.05, 0) is 78.9 Å². The maximum absolute atomic E-state index is 13.5. The van der Waals surface area contributed by atoms with Gasteiger partial charge in [-0.2, -0.15) is 0 Å². The van der Waals surface area contributed by atoms with Crippen molar-refractivity contribution in [2.24, 2.45) is 0 Å². The van der Waals surface area contributed by atoms with E-state index in [0.29, 0.717) is 42.6 Å². The van der Waals surface area contributed by atoms with E-state index in [9.17, 15) is 9.59 Å². The minimum Gasteiger partial charge on any atom is -0.496 e. The Kier molecular flexibility index (Phi) is 6.42. The number of benzene rings is 1. The number of aromatic nitrogens is 2. The molecule has 0 spiro atoms. The number of rotatable bonds is 3. The van der Waals surface area contributed by atoms with E-state index in [1.807, 2.05) is 54.5 Å². The van der Waals surface area contributed by atoms with Gasteiger partial charge < -0.3 is 23.7 Å². The Morgan fingerprint density at radius 3 is 2.26 bits per heavy atom. The number of methoxy groups -OCH3 is 1. The number of fused-ring (bicyclic) bond motifs is 1. The molecular formula is C25H36BN3O6. The normalized spacial score (nSPS) is 20.3. The van der Waals surface area contributed by atoms with Crippen LogP contribution in [0.1, 0.15) is 67.3 Å². The molecule has 0 bridgehead atoms. The molecule has 0 N–H and O–H groups in total. The minimum atomic E-state index is -0.584. The molecule has 2 aliphatic heterocycles. The van der Waals surface area contributed by atoms with Crippen LogP contribution in [0.3, 0.4) is 0 Å². The molecule has 3 heterocycles. The van der Waals surface area contributed by atoms with E-state index >= 15 is 0 Å². The molecule has 2 aliphatic rings. The first kappa shape index (κ1) is 25.5. The number of piperidine rings is 1. The van der Waals surface area contributed by atoms with Gasteiger partial charge in [-0.1, -0.05) is 0 Å². The van der Waals surface area contributed by atoms with Crippen LogP contribution in [0.2, 0.25) is 0 Å². The van der Waals surface area contributed by atoms with Crippen molar-refractivity contribution in [1.82, 2.24) is 14.5 Å². The maximum atomic E-state index is 13.5. The van der Waals surface area contributed by atoms with Crippen LogP contribution in [-0.2, 0) is 14.0 Å². The number of carbonyl (C=O) groups is 1. The van der Waals surface area contributed by atoms with Crippen molar-refractivity contribution in [3.8, 4) is 5.75 Å². The topological polar surface area (TPSA) is 92.1 Å². The molecule has 2 saturated heterocycles. The van der Waals surface area contributed by atoms with Crippen molar-refractivity contribution in [3.63, 3.8) is 0 Å². The highest BCUT2D eigenvalue weighted by atomic mass is 16.7. The van der Waals surface area contributed by atoms with Crippen molar-refractivity contribution in [2.75, 3.05) is 20.2 Å². The Hall–Kier alpha value is -2.59. The van der Waals surface area contributed by atoms with Crippen molar-refractivity contribution in [1.29, 1.82) is 0 Å². The summed E-state index contributed by atoms with van der Waals surface area (Å²) in [4.78, 5) is 32.2. The van der Waals surface area contributed by atoms with Crippen molar-refractivity contribution in [3.05, 3.63) is 28.8 Å². The second-order valence-corrected chi connectivity index (χ2v) is 11.4. The highest BCUT2D eigenvalue weighted by Crippen LogP contribution is 2.37. The number of nitrogens with zero attached hydrogens (tertiary/aromatic N) is 3. The van der Waals surface area contributed by atoms with Gasteiger partial charge in [0.2, 0.25) is 0 Å². The summed E-state index contributed by atoms with van der Waals surface area (Å²) in [5.74, 6) is 0.435. The molecule has 0 atom stereocenters. The van der Waals surface area contributed by atoms with Crippen LogP contribution in [0, 0.1) is 0 Å². The summed E-state index contributed by atoms with van der Waals surface area (Å²) >= 11 is 0. The SMILES string of the molecule is COc1cc(B2OC(C)(C)C(C)(C)O2)cc2ncn(C3CCN(C(=O)OC(C)(C)C)CC3)c(=O)c12. The zero-order valence-electron chi connectivity index (χ0n) is 22.0. The molecule has 10 heteroatoms. The molecule has 9 nitrogen and oxygen atoms in total. The first-order chi connectivity index (χ1) is 16.2. The molecule has 1 amide bonds. The molecule has 190 valence electrons. The van der Waals surface area contributed by atoms with E-state index in [1.165, 1.54) is 0 Å². The van der Waals surface area contributed by atoms with Crippen LogP contribution in [0.15, 0.2) is 23.3 Å². The summed E-state index contributed by atoms with van der Waals surface area (Å²) in [7, 11) is 0.957. The number of likely N-dealkylation sites (tertiary alicyclic amines) is 1. The highest BCUT2D eigenvalue weighted by molar-refractivity contribution is 6.62. The minimum absolute atomic E-state index is 0.0643. The Balaban J connectivity index is 1.59. The molecule has 2 aromatic rings. The second kappa shape index (κ2) is 8.82. The first-order valence-electron chi connectivity index (χ1n) is 12.1. The standard InChI is InChI=1S/C25H36BN3O6/c1-23(2,3)33-22(31)28-11-9-17(10-12-28)29-15-27-18-13-16(14-19(32-8)20(18)21(29)30)26-34-24(4,5)25(6,7)35-26/h13-15,17H,9-12H2,1-8H3. The fourth-order valence-corrected chi connectivity index (χ4v) is 4.43. The van der Waals surface area contributed by atoms with Gasteiger partial charge in [0.05, 0.1) is 30.2 Å². The summed E-state index contributed by atoms with van der Waals surface area (Å²) in [6, 6.07) is 3.56. The van der Waals surface area contributed by atoms with Gasteiger partial charge in [-0.3, -0.25) is 9.36 Å². The zero-order chi connectivity index (χ0) is 25.8. The molecule has 1 aromatic heterocycles. The van der Waals surface area contributed by atoms with E-state index in [2.05, 4.69) is 4.98 Å². The second-order valence-electron chi connectivity index (χ2n) is 11.4. The predicted octanol–water partition coefficient (Wildman–Crippen LogP) is 3.28. The van der Waals surface area contributed by atoms with Crippen LogP contribution in [0.5, 0.6) is 5.75 Å². The van der Waals surface area contributed by atoms with Crippen molar-refractivity contribution in [2.45, 2.75) is 84.2 Å². The van der Waals surface area contributed by atoms with Crippen LogP contribution >= 0.6 is 0 Å². The molecule has 1 aromatic carbocycles. The molecular weight excluding hydrogens is 449 g/mol. The third kappa shape index (κ3) is 4.91. The summed E-state index contributed by atoms with van der Waals surface area (Å²) in [5, 5.41) is 0.421. The monoisotopic (exact) mass is 485 g/mol. The number of amides is 1. The smallest absolute Gasteiger partial charge is 0.495 e. The summed E-state index contributed by atoms with van der Waals surface area (Å²) in [6.07, 6.45) is 2.55. The van der Waals surface area contributed by atoms with Crippen LogP contribution in [0.25, 0.3) is 10.9 Å². The van der Waals surface area contributed by atoms with Gasteiger partial charge in [0, 0.05) is 19.1 Å². The van der Waals surface area contributed by atoms with Gasteiger partial charge >= 0.3 is 13.2 Å². The molecule has 0 aliphatic carbocycles.